The zero-order valence-electron chi connectivity index (χ0n) is 12.8. The van der Waals surface area contributed by atoms with Gasteiger partial charge in [-0.3, -0.25) is 4.55 Å². The fourth-order valence-electron chi connectivity index (χ4n) is 0.975. The first kappa shape index (κ1) is 21.0. The fourth-order valence-corrected chi connectivity index (χ4v) is 0.975. The van der Waals surface area contributed by atoms with Crippen molar-refractivity contribution in [1.82, 2.24) is 4.57 Å². The molecule has 1 heterocycles. The zero-order chi connectivity index (χ0) is 14.4. The first-order valence-corrected chi connectivity index (χ1v) is 6.56. The number of rotatable bonds is 3. The number of hydrogen-bond acceptors (Lipinski definition) is 2. The van der Waals surface area contributed by atoms with Crippen LogP contribution in [0.15, 0.2) is 18.7 Å². The molecular formula is C9H18F3MgN2O3S+. The van der Waals surface area contributed by atoms with Gasteiger partial charge in [0.2, 0.25) is 6.33 Å². The van der Waals surface area contributed by atoms with E-state index in [1.165, 1.54) is 12.8 Å². The molecule has 0 spiro atoms. The SMILES string of the molecule is CCCCn1cc[n+](C)c1.O=S(=O)(O)C(F)(F)F.[H-].[H-].[Mg+2]. The molecule has 0 bridgehead atoms. The van der Waals surface area contributed by atoms with Crippen LogP contribution in [0, 0.1) is 0 Å². The summed E-state index contributed by atoms with van der Waals surface area (Å²) in [6.45, 7) is 3.36. The molecule has 5 nitrogen and oxygen atoms in total. The molecule has 0 radical (unpaired) electrons. The molecule has 110 valence electrons. The third kappa shape index (κ3) is 9.24. The normalized spacial score (nSPS) is 11.3. The number of aromatic nitrogens is 2. The Morgan fingerprint density at radius 1 is 1.42 bits per heavy atom. The summed E-state index contributed by atoms with van der Waals surface area (Å²) in [6.07, 6.45) is 8.82. The Kier molecular flexibility index (Phi) is 9.68. The minimum absolute atomic E-state index is 0. The van der Waals surface area contributed by atoms with Crippen LogP contribution >= 0.6 is 0 Å². The Morgan fingerprint density at radius 3 is 2.16 bits per heavy atom. The van der Waals surface area contributed by atoms with E-state index >= 15 is 0 Å². The topological polar surface area (TPSA) is 63.2 Å². The van der Waals surface area contributed by atoms with Gasteiger partial charge in [0, 0.05) is 0 Å². The second kappa shape index (κ2) is 8.77. The van der Waals surface area contributed by atoms with Gasteiger partial charge in [0.15, 0.2) is 0 Å². The maximum Gasteiger partial charge on any atom is 2.00 e. The number of imidazole rings is 1. The number of unbranched alkanes of at least 4 members (excludes halogenated alkanes) is 1. The molecule has 0 aliphatic carbocycles. The molecule has 1 rings (SSSR count). The first-order valence-electron chi connectivity index (χ1n) is 5.12. The van der Waals surface area contributed by atoms with Crippen molar-refractivity contribution < 1.29 is 33.6 Å². The predicted octanol–water partition coefficient (Wildman–Crippen LogP) is 1.35. The monoisotopic (exact) mass is 315 g/mol. The van der Waals surface area contributed by atoms with Crippen LogP contribution in [-0.4, -0.2) is 46.1 Å². The summed E-state index contributed by atoms with van der Waals surface area (Å²) < 4.78 is 61.8. The second-order valence-corrected chi connectivity index (χ2v) is 5.00. The molecule has 0 amide bonds. The molecule has 0 saturated heterocycles. The average molecular weight is 316 g/mol. The molecule has 1 aromatic heterocycles. The Bertz CT molecular complexity index is 469. The number of halogens is 3. The number of nitrogens with zero attached hydrogens (tertiary/aromatic N) is 2. The van der Waals surface area contributed by atoms with Crippen molar-refractivity contribution in [2.45, 2.75) is 31.8 Å². The Balaban J connectivity index is -0.000000123. The molecule has 1 aromatic rings. The molecule has 0 saturated carbocycles. The van der Waals surface area contributed by atoms with E-state index in [4.69, 9.17) is 13.0 Å². The van der Waals surface area contributed by atoms with Gasteiger partial charge in [0.05, 0.1) is 13.6 Å². The van der Waals surface area contributed by atoms with Crippen molar-refractivity contribution in [3.05, 3.63) is 18.7 Å². The third-order valence-electron chi connectivity index (χ3n) is 1.89. The molecule has 0 fully saturated rings. The van der Waals surface area contributed by atoms with Gasteiger partial charge in [0.25, 0.3) is 0 Å². The summed E-state index contributed by atoms with van der Waals surface area (Å²) >= 11 is 0. The van der Waals surface area contributed by atoms with Crippen LogP contribution in [0.1, 0.15) is 22.6 Å². The van der Waals surface area contributed by atoms with E-state index < -0.39 is 15.6 Å². The van der Waals surface area contributed by atoms with E-state index in [-0.39, 0.29) is 25.9 Å². The summed E-state index contributed by atoms with van der Waals surface area (Å²) in [7, 11) is -3.80. The minimum atomic E-state index is -5.84. The van der Waals surface area contributed by atoms with Crippen molar-refractivity contribution in [2.24, 2.45) is 7.05 Å². The van der Waals surface area contributed by atoms with Crippen LogP contribution in [0.4, 0.5) is 13.2 Å². The van der Waals surface area contributed by atoms with Gasteiger partial charge in [-0.1, -0.05) is 13.3 Å². The van der Waals surface area contributed by atoms with Crippen molar-refractivity contribution in [2.75, 3.05) is 0 Å². The Morgan fingerprint density at radius 2 is 1.89 bits per heavy atom. The Hall–Kier alpha value is -0.324. The van der Waals surface area contributed by atoms with Crippen LogP contribution in [-0.2, 0) is 23.7 Å². The van der Waals surface area contributed by atoms with E-state index in [2.05, 4.69) is 34.8 Å². The van der Waals surface area contributed by atoms with Crippen LogP contribution in [0.3, 0.4) is 0 Å². The van der Waals surface area contributed by atoms with E-state index in [1.807, 2.05) is 7.05 Å². The molecule has 0 aliphatic heterocycles. The number of alkyl halides is 3. The van der Waals surface area contributed by atoms with Crippen molar-refractivity contribution in [3.63, 3.8) is 0 Å². The van der Waals surface area contributed by atoms with Gasteiger partial charge in [-0.05, 0) is 6.42 Å². The van der Waals surface area contributed by atoms with Crippen LogP contribution in [0.2, 0.25) is 0 Å². The van der Waals surface area contributed by atoms with E-state index in [0.29, 0.717) is 0 Å². The molecule has 0 aliphatic rings. The van der Waals surface area contributed by atoms with Crippen LogP contribution in [0.25, 0.3) is 0 Å². The van der Waals surface area contributed by atoms with E-state index in [9.17, 15) is 13.2 Å². The van der Waals surface area contributed by atoms with E-state index in [1.54, 1.807) is 0 Å². The molecular weight excluding hydrogens is 297 g/mol. The Labute approximate surface area is 129 Å². The van der Waals surface area contributed by atoms with Crippen molar-refractivity contribution in [1.29, 1.82) is 0 Å². The summed E-state index contributed by atoms with van der Waals surface area (Å²) in [6, 6.07) is 0. The summed E-state index contributed by atoms with van der Waals surface area (Å²) in [4.78, 5) is 0. The molecule has 0 unspecified atom stereocenters. The van der Waals surface area contributed by atoms with Crippen molar-refractivity contribution in [3.8, 4) is 0 Å². The zero-order valence-corrected chi connectivity index (χ0v) is 13.0. The largest absolute Gasteiger partial charge is 2.00 e. The summed E-state index contributed by atoms with van der Waals surface area (Å²) in [5.41, 5.74) is -5.53. The second-order valence-electron chi connectivity index (χ2n) is 3.59. The molecule has 0 aromatic carbocycles. The maximum atomic E-state index is 10.7. The molecule has 1 N–H and O–H groups in total. The maximum absolute atomic E-state index is 10.7. The van der Waals surface area contributed by atoms with Gasteiger partial charge < -0.3 is 2.85 Å². The average Bonchev–Trinajstić information content (AvgIpc) is 2.59. The number of aryl methyl sites for hydroxylation is 2. The van der Waals surface area contributed by atoms with Gasteiger partial charge in [0.1, 0.15) is 12.4 Å². The molecule has 0 atom stereocenters. The smallest absolute Gasteiger partial charge is 1.00 e. The quantitative estimate of drug-likeness (QED) is 0.396. The molecule has 10 heteroatoms. The van der Waals surface area contributed by atoms with Gasteiger partial charge in [-0.15, -0.1) is 0 Å². The van der Waals surface area contributed by atoms with E-state index in [0.717, 1.165) is 6.54 Å². The van der Waals surface area contributed by atoms with Gasteiger partial charge >= 0.3 is 38.7 Å². The number of hydrogen-bond donors (Lipinski definition) is 1. The standard InChI is InChI=1S/C8H15N2.CHF3O3S.Mg.2H/c1-3-4-5-10-7-6-9(2)8-10;2-1(3,4)8(5,6)7;;;/h6-8H,3-5H2,1-2H3;(H,5,6,7);;;/q+1;;+2;2*-1. The van der Waals surface area contributed by atoms with Gasteiger partial charge in [-0.25, -0.2) is 9.13 Å². The molecule has 19 heavy (non-hydrogen) atoms. The summed E-state index contributed by atoms with van der Waals surface area (Å²) in [5.74, 6) is 0. The third-order valence-corrected chi connectivity index (χ3v) is 2.47. The fraction of sp³-hybridized carbons (Fsp3) is 0.667. The minimum Gasteiger partial charge on any atom is -1.00 e. The van der Waals surface area contributed by atoms with Gasteiger partial charge in [-0.2, -0.15) is 21.6 Å². The summed E-state index contributed by atoms with van der Waals surface area (Å²) in [5, 5.41) is 0. The van der Waals surface area contributed by atoms with Crippen LogP contribution < -0.4 is 4.57 Å². The van der Waals surface area contributed by atoms with Crippen LogP contribution in [0.5, 0.6) is 0 Å². The first-order chi connectivity index (χ1) is 8.08. The predicted molar refractivity (Wildman–Crippen MR) is 66.1 cm³/mol. The van der Waals surface area contributed by atoms with Crippen molar-refractivity contribution >= 4 is 33.2 Å².